The summed E-state index contributed by atoms with van der Waals surface area (Å²) >= 11 is 0. The van der Waals surface area contributed by atoms with Crippen molar-refractivity contribution in [2.45, 2.75) is 12.8 Å². The molecule has 0 N–H and O–H groups in total. The number of nitrogens with zero attached hydrogens (tertiary/aromatic N) is 2. The zero-order valence-corrected chi connectivity index (χ0v) is 9.21. The highest BCUT2D eigenvalue weighted by molar-refractivity contribution is 5.58. The van der Waals surface area contributed by atoms with Crippen LogP contribution in [0.5, 0.6) is 0 Å². The first-order valence-corrected chi connectivity index (χ1v) is 5.71. The number of likely N-dealkylation sites (tertiary alicyclic amines) is 1. The third-order valence-electron chi connectivity index (χ3n) is 3.27. The van der Waals surface area contributed by atoms with Crippen molar-refractivity contribution in [3.05, 3.63) is 28.8 Å². The van der Waals surface area contributed by atoms with Crippen LogP contribution in [0.4, 0.5) is 0 Å². The van der Waals surface area contributed by atoms with Gasteiger partial charge >= 0.3 is 0 Å². The molecule has 0 aromatic carbocycles. The Kier molecular flexibility index (Phi) is 3.49. The third-order valence-corrected chi connectivity index (χ3v) is 3.27. The van der Waals surface area contributed by atoms with E-state index in [2.05, 4.69) is 16.2 Å². The number of aldehydes is 1. The molecule has 0 aromatic heterocycles. The Bertz CT molecular complexity index is 336. The predicted molar refractivity (Wildman–Crippen MR) is 61.7 cm³/mol. The van der Waals surface area contributed by atoms with Gasteiger partial charge in [-0.05, 0) is 18.9 Å². The van der Waals surface area contributed by atoms with E-state index in [1.54, 1.807) is 0 Å². The zero-order valence-electron chi connectivity index (χ0n) is 9.21. The van der Waals surface area contributed by atoms with Crippen LogP contribution in [0.25, 0.3) is 0 Å². The van der Waals surface area contributed by atoms with Crippen molar-refractivity contribution < 1.29 is 4.79 Å². The molecule has 1 aliphatic carbocycles. The van der Waals surface area contributed by atoms with Gasteiger partial charge in [0.2, 0.25) is 0 Å². The Morgan fingerprint density at radius 3 is 3.06 bits per heavy atom. The van der Waals surface area contributed by atoms with Gasteiger partial charge in [0.1, 0.15) is 6.29 Å². The average molecular weight is 220 g/mol. The van der Waals surface area contributed by atoms with Gasteiger partial charge in [-0.1, -0.05) is 17.3 Å². The molecule has 2 atom stereocenters. The summed E-state index contributed by atoms with van der Waals surface area (Å²) in [4.78, 5) is 23.0. The third kappa shape index (κ3) is 2.38. The molecular formula is C12H16N2O2. The van der Waals surface area contributed by atoms with Crippen LogP contribution in [0.2, 0.25) is 0 Å². The summed E-state index contributed by atoms with van der Waals surface area (Å²) < 4.78 is 0. The monoisotopic (exact) mass is 220 g/mol. The lowest BCUT2D eigenvalue weighted by Gasteiger charge is -2.22. The van der Waals surface area contributed by atoms with Crippen molar-refractivity contribution in [2.24, 2.45) is 17.0 Å². The molecule has 1 saturated heterocycles. The minimum Gasteiger partial charge on any atom is -0.371 e. The van der Waals surface area contributed by atoms with E-state index in [-0.39, 0.29) is 5.92 Å². The van der Waals surface area contributed by atoms with E-state index >= 15 is 0 Å². The maximum Gasteiger partial charge on any atom is 0.127 e. The molecule has 4 nitrogen and oxygen atoms in total. The molecule has 0 aromatic rings. The van der Waals surface area contributed by atoms with Crippen molar-refractivity contribution >= 4 is 6.29 Å². The Balaban J connectivity index is 1.91. The quantitative estimate of drug-likeness (QED) is 0.535. The molecule has 2 rings (SSSR count). The first-order valence-electron chi connectivity index (χ1n) is 5.71. The predicted octanol–water partition coefficient (Wildman–Crippen LogP) is 1.73. The molecule has 1 aliphatic heterocycles. The van der Waals surface area contributed by atoms with E-state index < -0.39 is 0 Å². The fourth-order valence-electron chi connectivity index (χ4n) is 2.28. The van der Waals surface area contributed by atoms with Gasteiger partial charge in [0.25, 0.3) is 0 Å². The SMILES string of the molecule is O=CC1C=CC(N2CCC(CN=O)C2)=CC1. The molecule has 0 spiro atoms. The van der Waals surface area contributed by atoms with Gasteiger partial charge in [0.15, 0.2) is 0 Å². The highest BCUT2D eigenvalue weighted by Gasteiger charge is 2.24. The second-order valence-electron chi connectivity index (χ2n) is 4.44. The van der Waals surface area contributed by atoms with Crippen molar-refractivity contribution in [1.82, 2.24) is 4.90 Å². The molecule has 4 heteroatoms. The number of nitroso groups, excluding NO2 is 1. The number of carbonyl (C=O) groups is 1. The van der Waals surface area contributed by atoms with Gasteiger partial charge in [-0.15, -0.1) is 0 Å². The van der Waals surface area contributed by atoms with Gasteiger partial charge in [0.05, 0.1) is 6.54 Å². The molecule has 86 valence electrons. The Morgan fingerprint density at radius 1 is 1.56 bits per heavy atom. The lowest BCUT2D eigenvalue weighted by Crippen LogP contribution is -2.21. The van der Waals surface area contributed by atoms with Crippen molar-refractivity contribution in [1.29, 1.82) is 0 Å². The van der Waals surface area contributed by atoms with Crippen LogP contribution in [-0.4, -0.2) is 30.8 Å². The summed E-state index contributed by atoms with van der Waals surface area (Å²) in [7, 11) is 0. The Morgan fingerprint density at radius 2 is 2.44 bits per heavy atom. The van der Waals surface area contributed by atoms with E-state index in [9.17, 15) is 9.70 Å². The molecule has 16 heavy (non-hydrogen) atoms. The highest BCUT2D eigenvalue weighted by atomic mass is 16.3. The zero-order chi connectivity index (χ0) is 11.4. The number of carbonyl (C=O) groups excluding carboxylic acids is 1. The molecule has 0 amide bonds. The van der Waals surface area contributed by atoms with Crippen LogP contribution in [0.15, 0.2) is 29.1 Å². The van der Waals surface area contributed by atoms with Crippen molar-refractivity contribution in [3.63, 3.8) is 0 Å². The molecule has 0 saturated carbocycles. The number of hydrogen-bond donors (Lipinski definition) is 0. The van der Waals surface area contributed by atoms with Gasteiger partial charge in [-0.25, -0.2) is 0 Å². The number of hydrogen-bond acceptors (Lipinski definition) is 4. The lowest BCUT2D eigenvalue weighted by molar-refractivity contribution is -0.109. The van der Waals surface area contributed by atoms with Crippen molar-refractivity contribution in [3.8, 4) is 0 Å². The Hall–Kier alpha value is -1.45. The first-order chi connectivity index (χ1) is 7.83. The minimum atomic E-state index is 0.0405. The fourth-order valence-corrected chi connectivity index (χ4v) is 2.28. The van der Waals surface area contributed by atoms with Crippen molar-refractivity contribution in [2.75, 3.05) is 19.6 Å². The largest absolute Gasteiger partial charge is 0.371 e. The maximum atomic E-state index is 10.6. The van der Waals surface area contributed by atoms with E-state index in [0.29, 0.717) is 12.5 Å². The molecule has 2 aliphatic rings. The second kappa shape index (κ2) is 5.05. The smallest absolute Gasteiger partial charge is 0.127 e. The summed E-state index contributed by atoms with van der Waals surface area (Å²) in [5.41, 5.74) is 1.19. The van der Waals surface area contributed by atoms with Crippen LogP contribution in [-0.2, 0) is 4.79 Å². The molecule has 1 fully saturated rings. The van der Waals surface area contributed by atoms with E-state index in [1.165, 1.54) is 5.70 Å². The van der Waals surface area contributed by atoms with E-state index in [1.807, 2.05) is 12.2 Å². The lowest BCUT2D eigenvalue weighted by atomic mass is 10.0. The van der Waals surface area contributed by atoms with Crippen LogP contribution < -0.4 is 0 Å². The van der Waals surface area contributed by atoms with E-state index in [4.69, 9.17) is 0 Å². The van der Waals surface area contributed by atoms with Crippen LogP contribution >= 0.6 is 0 Å². The summed E-state index contributed by atoms with van der Waals surface area (Å²) in [5.74, 6) is 0.439. The van der Waals surface area contributed by atoms with Gasteiger partial charge in [-0.3, -0.25) is 0 Å². The highest BCUT2D eigenvalue weighted by Crippen LogP contribution is 2.24. The second-order valence-corrected chi connectivity index (χ2v) is 4.44. The normalized spacial score (nSPS) is 29.0. The van der Waals surface area contributed by atoms with Gasteiger partial charge < -0.3 is 9.69 Å². The summed E-state index contributed by atoms with van der Waals surface area (Å²) in [5, 5.41) is 2.96. The summed E-state index contributed by atoms with van der Waals surface area (Å²) in [6.45, 7) is 2.32. The maximum absolute atomic E-state index is 10.6. The molecule has 1 heterocycles. The first kappa shape index (κ1) is 11.0. The average Bonchev–Trinajstić information content (AvgIpc) is 2.78. The fraction of sp³-hybridized carbons (Fsp3) is 0.583. The Labute approximate surface area is 95.0 Å². The molecular weight excluding hydrogens is 204 g/mol. The van der Waals surface area contributed by atoms with Crippen LogP contribution in [0.3, 0.4) is 0 Å². The number of allylic oxidation sites excluding steroid dienone is 3. The summed E-state index contributed by atoms with van der Waals surface area (Å²) in [6, 6.07) is 0. The summed E-state index contributed by atoms with van der Waals surface area (Å²) in [6.07, 6.45) is 8.88. The van der Waals surface area contributed by atoms with Crippen LogP contribution in [0.1, 0.15) is 12.8 Å². The van der Waals surface area contributed by atoms with Crippen LogP contribution in [0, 0.1) is 16.7 Å². The molecule has 0 bridgehead atoms. The number of rotatable bonds is 4. The minimum absolute atomic E-state index is 0.0405. The topological polar surface area (TPSA) is 49.7 Å². The molecule has 2 unspecified atom stereocenters. The van der Waals surface area contributed by atoms with Gasteiger partial charge in [-0.2, -0.15) is 4.91 Å². The van der Waals surface area contributed by atoms with Gasteiger partial charge in [0, 0.05) is 30.6 Å². The standard InChI is InChI=1S/C12H16N2O2/c15-9-10-1-3-12(4-2-10)14-6-5-11(8-14)7-13-16/h1,3-4,9-11H,2,5-8H2. The molecule has 0 radical (unpaired) electrons. The van der Waals surface area contributed by atoms with E-state index in [0.717, 1.165) is 32.2 Å².